The number of nitro benzene ring substituents is 1. The van der Waals surface area contributed by atoms with Crippen LogP contribution in [-0.2, 0) is 0 Å². The van der Waals surface area contributed by atoms with Crippen LogP contribution in [0.25, 0.3) is 0 Å². The molecular formula is C19H22N4O2. The molecule has 0 aliphatic carbocycles. The Bertz CT molecular complexity index is 841. The Morgan fingerprint density at radius 2 is 1.88 bits per heavy atom. The van der Waals surface area contributed by atoms with Crippen molar-refractivity contribution in [1.82, 2.24) is 0 Å². The number of anilines is 1. The molecule has 1 aliphatic rings. The molecule has 2 aromatic carbocycles. The number of rotatable bonds is 3. The molecule has 0 spiro atoms. The molecule has 1 heterocycles. The summed E-state index contributed by atoms with van der Waals surface area (Å²) >= 11 is 0. The molecule has 0 bridgehead atoms. The zero-order valence-corrected chi connectivity index (χ0v) is 14.9. The average molecular weight is 338 g/mol. The molecule has 130 valence electrons. The van der Waals surface area contributed by atoms with Gasteiger partial charge in [0.05, 0.1) is 16.3 Å². The topological polar surface area (TPSA) is 79.9 Å². The third kappa shape index (κ3) is 3.68. The number of hydrogen-bond donors (Lipinski definition) is 1. The van der Waals surface area contributed by atoms with E-state index in [0.717, 1.165) is 23.4 Å². The van der Waals surface area contributed by atoms with Gasteiger partial charge < -0.3 is 5.32 Å². The van der Waals surface area contributed by atoms with Crippen molar-refractivity contribution in [2.75, 3.05) is 5.32 Å². The highest BCUT2D eigenvalue weighted by Gasteiger charge is 2.29. The predicted molar refractivity (Wildman–Crippen MR) is 99.2 cm³/mol. The Hall–Kier alpha value is -2.76. The van der Waals surface area contributed by atoms with Gasteiger partial charge in [-0.15, -0.1) is 0 Å². The normalized spacial score (nSPS) is 18.6. The van der Waals surface area contributed by atoms with Crippen LogP contribution in [0.4, 0.5) is 22.7 Å². The number of hydrogen-bond acceptors (Lipinski definition) is 5. The number of fused-ring (bicyclic) bond motifs is 1. The molecule has 1 aliphatic heterocycles. The molecule has 0 radical (unpaired) electrons. The first-order valence-electron chi connectivity index (χ1n) is 8.34. The van der Waals surface area contributed by atoms with Crippen molar-refractivity contribution in [3.05, 3.63) is 57.6 Å². The molecule has 0 unspecified atom stereocenters. The van der Waals surface area contributed by atoms with E-state index in [0.29, 0.717) is 11.6 Å². The van der Waals surface area contributed by atoms with E-state index >= 15 is 0 Å². The summed E-state index contributed by atoms with van der Waals surface area (Å²) in [4.78, 5) is 10.3. The molecule has 0 saturated heterocycles. The van der Waals surface area contributed by atoms with Gasteiger partial charge in [-0.2, -0.15) is 10.2 Å². The molecule has 6 heteroatoms. The monoisotopic (exact) mass is 338 g/mol. The summed E-state index contributed by atoms with van der Waals surface area (Å²) in [7, 11) is 0. The first-order chi connectivity index (χ1) is 11.7. The van der Waals surface area contributed by atoms with Gasteiger partial charge >= 0.3 is 0 Å². The van der Waals surface area contributed by atoms with Crippen LogP contribution >= 0.6 is 0 Å². The number of azo groups is 1. The van der Waals surface area contributed by atoms with Gasteiger partial charge in [-0.05, 0) is 68.5 Å². The molecule has 1 N–H and O–H groups in total. The SMILES string of the molecule is Cc1cc2c(cc1N=Nc1ccc([N+](=O)[O-])cc1)[C@@H](C)CC(C)(C)N2. The number of nitrogens with one attached hydrogen (secondary N) is 1. The van der Waals surface area contributed by atoms with Gasteiger partial charge in [0.1, 0.15) is 0 Å². The van der Waals surface area contributed by atoms with Crippen molar-refractivity contribution >= 4 is 22.7 Å². The number of aryl methyl sites for hydroxylation is 1. The Kier molecular flexibility index (Phi) is 4.29. The van der Waals surface area contributed by atoms with E-state index in [4.69, 9.17) is 0 Å². The first kappa shape index (κ1) is 17.1. The maximum atomic E-state index is 10.7. The fourth-order valence-corrected chi connectivity index (χ4v) is 3.38. The summed E-state index contributed by atoms with van der Waals surface area (Å²) in [5.41, 5.74) is 5.01. The zero-order chi connectivity index (χ0) is 18.2. The van der Waals surface area contributed by atoms with Crippen molar-refractivity contribution in [3.63, 3.8) is 0 Å². The fraction of sp³-hybridized carbons (Fsp3) is 0.368. The summed E-state index contributed by atoms with van der Waals surface area (Å²) in [6.07, 6.45) is 1.06. The van der Waals surface area contributed by atoms with E-state index < -0.39 is 4.92 Å². The van der Waals surface area contributed by atoms with Crippen LogP contribution < -0.4 is 5.32 Å². The highest BCUT2D eigenvalue weighted by Crippen LogP contribution is 2.41. The van der Waals surface area contributed by atoms with Crippen LogP contribution in [0.1, 0.15) is 44.2 Å². The molecule has 2 aromatic rings. The predicted octanol–water partition coefficient (Wildman–Crippen LogP) is 6.02. The average Bonchev–Trinajstić information content (AvgIpc) is 2.52. The Labute approximate surface area is 147 Å². The van der Waals surface area contributed by atoms with Crippen LogP contribution in [0.15, 0.2) is 46.6 Å². The van der Waals surface area contributed by atoms with Gasteiger partial charge in [-0.1, -0.05) is 6.92 Å². The van der Waals surface area contributed by atoms with E-state index in [1.165, 1.54) is 17.7 Å². The van der Waals surface area contributed by atoms with Crippen LogP contribution in [0.2, 0.25) is 0 Å². The Morgan fingerprint density at radius 1 is 1.20 bits per heavy atom. The highest BCUT2D eigenvalue weighted by atomic mass is 16.6. The summed E-state index contributed by atoms with van der Waals surface area (Å²) in [5, 5.41) is 22.9. The number of nitro groups is 1. The van der Waals surface area contributed by atoms with E-state index in [-0.39, 0.29) is 11.2 Å². The molecule has 3 rings (SSSR count). The van der Waals surface area contributed by atoms with Crippen LogP contribution in [0, 0.1) is 17.0 Å². The van der Waals surface area contributed by atoms with Crippen LogP contribution in [0.3, 0.4) is 0 Å². The fourth-order valence-electron chi connectivity index (χ4n) is 3.38. The lowest BCUT2D eigenvalue weighted by Crippen LogP contribution is -2.36. The lowest BCUT2D eigenvalue weighted by atomic mass is 9.81. The molecule has 0 amide bonds. The molecular weight excluding hydrogens is 316 g/mol. The maximum Gasteiger partial charge on any atom is 0.269 e. The van der Waals surface area contributed by atoms with Crippen molar-refractivity contribution in [2.24, 2.45) is 10.2 Å². The van der Waals surface area contributed by atoms with Gasteiger partial charge in [0.2, 0.25) is 0 Å². The van der Waals surface area contributed by atoms with Gasteiger partial charge in [0.25, 0.3) is 5.69 Å². The lowest BCUT2D eigenvalue weighted by Gasteiger charge is -2.38. The minimum absolute atomic E-state index is 0.0476. The minimum Gasteiger partial charge on any atom is -0.380 e. The summed E-state index contributed by atoms with van der Waals surface area (Å²) < 4.78 is 0. The summed E-state index contributed by atoms with van der Waals surface area (Å²) in [6, 6.07) is 10.3. The van der Waals surface area contributed by atoms with E-state index in [1.54, 1.807) is 12.1 Å². The third-order valence-electron chi connectivity index (χ3n) is 4.52. The van der Waals surface area contributed by atoms with Gasteiger partial charge in [0, 0.05) is 23.4 Å². The van der Waals surface area contributed by atoms with E-state index in [9.17, 15) is 10.1 Å². The smallest absolute Gasteiger partial charge is 0.269 e. The molecule has 0 fully saturated rings. The molecule has 0 aromatic heterocycles. The van der Waals surface area contributed by atoms with Crippen LogP contribution in [0.5, 0.6) is 0 Å². The minimum atomic E-state index is -0.426. The largest absolute Gasteiger partial charge is 0.380 e. The van der Waals surface area contributed by atoms with Crippen molar-refractivity contribution in [1.29, 1.82) is 0 Å². The summed E-state index contributed by atoms with van der Waals surface area (Å²) in [5.74, 6) is 0.445. The number of benzene rings is 2. The summed E-state index contributed by atoms with van der Waals surface area (Å²) in [6.45, 7) is 8.67. The lowest BCUT2D eigenvalue weighted by molar-refractivity contribution is -0.384. The highest BCUT2D eigenvalue weighted by molar-refractivity contribution is 5.65. The second-order valence-electron chi connectivity index (χ2n) is 7.31. The van der Waals surface area contributed by atoms with Crippen molar-refractivity contribution < 1.29 is 4.92 Å². The van der Waals surface area contributed by atoms with Gasteiger partial charge in [-0.25, -0.2) is 0 Å². The van der Waals surface area contributed by atoms with E-state index in [1.807, 2.05) is 6.92 Å². The second kappa shape index (κ2) is 6.27. The third-order valence-corrected chi connectivity index (χ3v) is 4.52. The van der Waals surface area contributed by atoms with Gasteiger partial charge in [-0.3, -0.25) is 10.1 Å². The van der Waals surface area contributed by atoms with Crippen molar-refractivity contribution in [2.45, 2.75) is 45.6 Å². The number of non-ortho nitro benzene ring substituents is 1. The van der Waals surface area contributed by atoms with E-state index in [2.05, 4.69) is 48.4 Å². The molecule has 0 saturated carbocycles. The first-order valence-corrected chi connectivity index (χ1v) is 8.34. The maximum absolute atomic E-state index is 10.7. The standard InChI is InChI=1S/C19H22N4O2/c1-12-9-18-16(13(2)11-19(3,4)20-18)10-17(12)22-21-14-5-7-15(8-6-14)23(24)25/h5-10,13,20H,11H2,1-4H3/t13-/m0/s1. The Balaban J connectivity index is 1.88. The van der Waals surface area contributed by atoms with Gasteiger partial charge in [0.15, 0.2) is 0 Å². The van der Waals surface area contributed by atoms with Crippen LogP contribution in [-0.4, -0.2) is 10.5 Å². The molecule has 25 heavy (non-hydrogen) atoms. The van der Waals surface area contributed by atoms with Crippen molar-refractivity contribution in [3.8, 4) is 0 Å². The molecule has 6 nitrogen and oxygen atoms in total. The Morgan fingerprint density at radius 3 is 2.52 bits per heavy atom. The second-order valence-corrected chi connectivity index (χ2v) is 7.31. The zero-order valence-electron chi connectivity index (χ0n) is 14.9. The number of nitrogens with zero attached hydrogens (tertiary/aromatic N) is 3. The molecule has 1 atom stereocenters. The quantitative estimate of drug-likeness (QED) is 0.422.